The van der Waals surface area contributed by atoms with Gasteiger partial charge in [0.05, 0.1) is 17.2 Å². The first-order chi connectivity index (χ1) is 12.4. The molecule has 0 spiro atoms. The molecule has 8 heteroatoms. The summed E-state index contributed by atoms with van der Waals surface area (Å²) in [6, 6.07) is 8.54. The summed E-state index contributed by atoms with van der Waals surface area (Å²) >= 11 is 0. The van der Waals surface area contributed by atoms with E-state index in [1.54, 1.807) is 26.0 Å². The predicted molar refractivity (Wildman–Crippen MR) is 91.2 cm³/mol. The summed E-state index contributed by atoms with van der Waals surface area (Å²) in [6.45, 7) is 3.35. The van der Waals surface area contributed by atoms with E-state index in [1.165, 1.54) is 24.4 Å². The molecule has 2 aromatic rings. The molecule has 0 bridgehead atoms. The van der Waals surface area contributed by atoms with Gasteiger partial charge in [-0.05, 0) is 30.7 Å². The van der Waals surface area contributed by atoms with Gasteiger partial charge in [-0.3, -0.25) is 4.79 Å². The molecule has 7 nitrogen and oxygen atoms in total. The lowest BCUT2D eigenvalue weighted by Gasteiger charge is -2.16. The van der Waals surface area contributed by atoms with Crippen molar-refractivity contribution < 1.29 is 18.8 Å². The molecule has 1 atom stereocenters. The first kappa shape index (κ1) is 18.9. The number of carbonyl (C=O) groups is 2. The van der Waals surface area contributed by atoms with Gasteiger partial charge in [0.25, 0.3) is 5.91 Å². The number of rotatable bonds is 6. The second kappa shape index (κ2) is 8.58. The molecule has 0 radical (unpaired) electrons. The number of benzene rings is 1. The molecule has 0 aliphatic rings. The average Bonchev–Trinajstić information content (AvgIpc) is 2.66. The van der Waals surface area contributed by atoms with Gasteiger partial charge >= 0.3 is 5.97 Å². The number of anilines is 1. The van der Waals surface area contributed by atoms with Crippen LogP contribution in [0.25, 0.3) is 0 Å². The zero-order valence-corrected chi connectivity index (χ0v) is 14.2. The molecular weight excluding hydrogens is 339 g/mol. The van der Waals surface area contributed by atoms with Gasteiger partial charge in [0.15, 0.2) is 5.82 Å². The summed E-state index contributed by atoms with van der Waals surface area (Å²) in [5.74, 6) is -1.42. The molecule has 1 heterocycles. The smallest absolute Gasteiger partial charge is 0.331 e. The maximum absolute atomic E-state index is 13.0. The van der Waals surface area contributed by atoms with E-state index in [4.69, 9.17) is 10.1 Å². The van der Waals surface area contributed by atoms with Crippen molar-refractivity contribution in [2.24, 2.45) is 0 Å². The Morgan fingerprint density at radius 2 is 2.04 bits per heavy atom. The lowest BCUT2D eigenvalue weighted by atomic mass is 10.1. The Labute approximate surface area is 149 Å². The second-order valence-corrected chi connectivity index (χ2v) is 5.41. The number of halogens is 1. The Bertz CT molecular complexity index is 847. The normalized spacial score (nSPS) is 11.2. The molecule has 0 fully saturated rings. The number of nitrogens with one attached hydrogen (secondary N) is 2. The number of aromatic nitrogens is 1. The van der Waals surface area contributed by atoms with Crippen molar-refractivity contribution in [1.29, 1.82) is 5.26 Å². The summed E-state index contributed by atoms with van der Waals surface area (Å²) < 4.78 is 13.0. The van der Waals surface area contributed by atoms with Crippen LogP contribution in [-0.4, -0.2) is 16.9 Å². The van der Waals surface area contributed by atoms with Gasteiger partial charge in [-0.2, -0.15) is 10.7 Å². The Morgan fingerprint density at radius 1 is 1.35 bits per heavy atom. The Balaban J connectivity index is 2.21. The lowest BCUT2D eigenvalue weighted by Crippen LogP contribution is -2.28. The van der Waals surface area contributed by atoms with Gasteiger partial charge in [0.1, 0.15) is 11.9 Å². The highest BCUT2D eigenvalue weighted by molar-refractivity contribution is 5.99. The predicted octanol–water partition coefficient (Wildman–Crippen LogP) is 2.86. The van der Waals surface area contributed by atoms with E-state index in [0.29, 0.717) is 5.56 Å². The van der Waals surface area contributed by atoms with Gasteiger partial charge in [-0.25, -0.2) is 14.2 Å². The van der Waals surface area contributed by atoms with Gasteiger partial charge in [-0.15, -0.1) is 0 Å². The van der Waals surface area contributed by atoms with E-state index in [9.17, 15) is 14.0 Å². The lowest BCUT2D eigenvalue weighted by molar-refractivity contribution is -0.140. The number of hydrogen-bond donors (Lipinski definition) is 2. The highest BCUT2D eigenvalue weighted by Crippen LogP contribution is 2.18. The Hall–Kier alpha value is -3.47. The van der Waals surface area contributed by atoms with Crippen LogP contribution in [0.2, 0.25) is 0 Å². The highest BCUT2D eigenvalue weighted by Gasteiger charge is 2.18. The van der Waals surface area contributed by atoms with Crippen LogP contribution in [0, 0.1) is 17.1 Å². The van der Waals surface area contributed by atoms with E-state index in [0.717, 1.165) is 0 Å². The van der Waals surface area contributed by atoms with E-state index in [2.05, 4.69) is 15.8 Å². The third kappa shape index (κ3) is 4.77. The first-order valence-corrected chi connectivity index (χ1v) is 7.86. The molecule has 26 heavy (non-hydrogen) atoms. The SMILES string of the molecule is CCC(=O)ONc1ncc(C#N)cc1C(=O)N[C@@H](C)c1ccc(F)cc1. The van der Waals surface area contributed by atoms with E-state index in [1.807, 2.05) is 6.07 Å². The largest absolute Gasteiger partial charge is 0.345 e. The first-order valence-electron chi connectivity index (χ1n) is 7.86. The van der Waals surface area contributed by atoms with Gasteiger partial charge in [0, 0.05) is 12.6 Å². The summed E-state index contributed by atoms with van der Waals surface area (Å²) in [5, 5.41) is 11.7. The molecule has 1 amide bonds. The molecule has 0 unspecified atom stereocenters. The average molecular weight is 356 g/mol. The molecule has 0 saturated heterocycles. The van der Waals surface area contributed by atoms with Crippen LogP contribution >= 0.6 is 0 Å². The zero-order chi connectivity index (χ0) is 19.1. The van der Waals surface area contributed by atoms with Gasteiger partial charge < -0.3 is 10.2 Å². The number of amides is 1. The molecule has 0 aliphatic carbocycles. The summed E-state index contributed by atoms with van der Waals surface area (Å²) in [5.41, 5.74) is 3.26. The number of hydrogen-bond acceptors (Lipinski definition) is 6. The number of carbonyl (C=O) groups excluding carboxylic acids is 2. The van der Waals surface area contributed by atoms with Gasteiger partial charge in [0.2, 0.25) is 0 Å². The van der Waals surface area contributed by atoms with E-state index >= 15 is 0 Å². The zero-order valence-electron chi connectivity index (χ0n) is 14.2. The third-order valence-corrected chi connectivity index (χ3v) is 3.53. The fraction of sp³-hybridized carbons (Fsp3) is 0.222. The van der Waals surface area contributed by atoms with Crippen LogP contribution in [0.1, 0.15) is 47.8 Å². The molecular formula is C18H17FN4O3. The molecule has 1 aromatic carbocycles. The fourth-order valence-electron chi connectivity index (χ4n) is 2.07. The maximum atomic E-state index is 13.0. The van der Waals surface area contributed by atoms with Crippen molar-refractivity contribution in [2.75, 3.05) is 5.48 Å². The van der Waals surface area contributed by atoms with Crippen molar-refractivity contribution in [2.45, 2.75) is 26.3 Å². The Kier molecular flexibility index (Phi) is 6.22. The third-order valence-electron chi connectivity index (χ3n) is 3.53. The minimum Gasteiger partial charge on any atom is -0.345 e. The van der Waals surface area contributed by atoms with Crippen molar-refractivity contribution in [3.05, 3.63) is 59.0 Å². The van der Waals surface area contributed by atoms with Crippen molar-refractivity contribution >= 4 is 17.7 Å². The summed E-state index contributed by atoms with van der Waals surface area (Å²) in [4.78, 5) is 32.6. The fourth-order valence-corrected chi connectivity index (χ4v) is 2.07. The standard InChI is InChI=1S/C18H17FN4O3/c1-3-16(24)26-23-17-15(8-12(9-20)10-21-17)18(25)22-11(2)13-4-6-14(19)7-5-13/h4-8,10-11H,3H2,1-2H3,(H,21,23)(H,22,25)/t11-/m0/s1. The van der Waals surface area contributed by atoms with Crippen LogP contribution in [-0.2, 0) is 9.63 Å². The van der Waals surface area contributed by atoms with Crippen LogP contribution in [0.3, 0.4) is 0 Å². The van der Waals surface area contributed by atoms with Gasteiger partial charge in [-0.1, -0.05) is 19.1 Å². The second-order valence-electron chi connectivity index (χ2n) is 5.41. The van der Waals surface area contributed by atoms with Crippen molar-refractivity contribution in [3.8, 4) is 6.07 Å². The van der Waals surface area contributed by atoms with Crippen LogP contribution < -0.4 is 10.8 Å². The minimum absolute atomic E-state index is 0.00889. The minimum atomic E-state index is -0.526. The van der Waals surface area contributed by atoms with E-state index < -0.39 is 17.9 Å². The number of nitrogens with zero attached hydrogens (tertiary/aromatic N) is 2. The number of pyridine rings is 1. The van der Waals surface area contributed by atoms with E-state index in [-0.39, 0.29) is 29.2 Å². The van der Waals surface area contributed by atoms with Crippen molar-refractivity contribution in [3.63, 3.8) is 0 Å². The molecule has 1 aromatic heterocycles. The molecule has 2 rings (SSSR count). The Morgan fingerprint density at radius 3 is 2.65 bits per heavy atom. The molecule has 0 aliphatic heterocycles. The van der Waals surface area contributed by atoms with Crippen molar-refractivity contribution in [1.82, 2.24) is 10.3 Å². The highest BCUT2D eigenvalue weighted by atomic mass is 19.1. The summed E-state index contributed by atoms with van der Waals surface area (Å²) in [7, 11) is 0. The maximum Gasteiger partial charge on any atom is 0.331 e. The van der Waals surface area contributed by atoms with Crippen LogP contribution in [0.4, 0.5) is 10.2 Å². The van der Waals surface area contributed by atoms with Crippen LogP contribution in [0.5, 0.6) is 0 Å². The van der Waals surface area contributed by atoms with Crippen LogP contribution in [0.15, 0.2) is 36.5 Å². The molecule has 2 N–H and O–H groups in total. The quantitative estimate of drug-likeness (QED) is 0.771. The topological polar surface area (TPSA) is 104 Å². The molecule has 0 saturated carbocycles. The number of nitriles is 1. The monoisotopic (exact) mass is 356 g/mol. The molecule has 134 valence electrons. The summed E-state index contributed by atoms with van der Waals surface area (Å²) in [6.07, 6.45) is 1.40.